The highest BCUT2D eigenvalue weighted by molar-refractivity contribution is 5.91. The van der Waals surface area contributed by atoms with E-state index in [1.165, 1.54) is 13.2 Å². The van der Waals surface area contributed by atoms with Crippen LogP contribution in [0.4, 0.5) is 8.78 Å². The largest absolute Gasteiger partial charge is 0.481 e. The van der Waals surface area contributed by atoms with E-state index < -0.39 is 23.1 Å². The van der Waals surface area contributed by atoms with Gasteiger partial charge in [-0.2, -0.15) is 0 Å². The Kier molecular flexibility index (Phi) is 2.38. The SMILES string of the molecule is COC(=N)c1c(F)cccc1F. The lowest BCUT2D eigenvalue weighted by Crippen LogP contribution is -2.07. The Bertz CT molecular complexity index is 292. The molecule has 4 heteroatoms. The van der Waals surface area contributed by atoms with Crippen molar-refractivity contribution in [1.82, 2.24) is 0 Å². The van der Waals surface area contributed by atoms with Gasteiger partial charge in [0, 0.05) is 0 Å². The van der Waals surface area contributed by atoms with Gasteiger partial charge < -0.3 is 4.74 Å². The lowest BCUT2D eigenvalue weighted by molar-refractivity contribution is 0.395. The molecule has 0 saturated carbocycles. The summed E-state index contributed by atoms with van der Waals surface area (Å²) in [6.45, 7) is 0. The maximum Gasteiger partial charge on any atom is 0.218 e. The van der Waals surface area contributed by atoms with Crippen LogP contribution in [0.1, 0.15) is 5.56 Å². The van der Waals surface area contributed by atoms with Gasteiger partial charge in [-0.15, -0.1) is 0 Å². The second-order valence-electron chi connectivity index (χ2n) is 2.13. The van der Waals surface area contributed by atoms with Gasteiger partial charge in [-0.05, 0) is 12.1 Å². The van der Waals surface area contributed by atoms with E-state index in [9.17, 15) is 8.78 Å². The number of nitrogens with one attached hydrogen (secondary N) is 1. The molecule has 0 atom stereocenters. The van der Waals surface area contributed by atoms with Crippen LogP contribution >= 0.6 is 0 Å². The molecule has 0 aliphatic heterocycles. The molecule has 0 bridgehead atoms. The second-order valence-corrected chi connectivity index (χ2v) is 2.13. The van der Waals surface area contributed by atoms with E-state index in [-0.39, 0.29) is 0 Å². The molecule has 0 spiro atoms. The van der Waals surface area contributed by atoms with Crippen molar-refractivity contribution in [2.24, 2.45) is 0 Å². The molecule has 0 saturated heterocycles. The van der Waals surface area contributed by atoms with Gasteiger partial charge in [0.15, 0.2) is 0 Å². The van der Waals surface area contributed by atoms with E-state index in [4.69, 9.17) is 5.41 Å². The van der Waals surface area contributed by atoms with Crippen molar-refractivity contribution >= 4 is 5.90 Å². The Morgan fingerprint density at radius 3 is 2.25 bits per heavy atom. The molecule has 0 aliphatic rings. The van der Waals surface area contributed by atoms with Crippen LogP contribution in [0.15, 0.2) is 18.2 Å². The first kappa shape index (κ1) is 8.64. The summed E-state index contributed by atoms with van der Waals surface area (Å²) < 4.78 is 30.1. The van der Waals surface area contributed by atoms with E-state index in [1.54, 1.807) is 0 Å². The molecule has 12 heavy (non-hydrogen) atoms. The monoisotopic (exact) mass is 171 g/mol. The molecule has 0 unspecified atom stereocenters. The summed E-state index contributed by atoms with van der Waals surface area (Å²) in [7, 11) is 1.19. The van der Waals surface area contributed by atoms with Crippen LogP contribution < -0.4 is 0 Å². The predicted octanol–water partition coefficient (Wildman–Crippen LogP) is 1.94. The molecular weight excluding hydrogens is 164 g/mol. The van der Waals surface area contributed by atoms with Gasteiger partial charge in [0.2, 0.25) is 5.90 Å². The zero-order chi connectivity index (χ0) is 9.14. The molecule has 0 aromatic heterocycles. The second kappa shape index (κ2) is 3.30. The number of methoxy groups -OCH3 is 1. The van der Waals surface area contributed by atoms with Crippen molar-refractivity contribution < 1.29 is 13.5 Å². The third-order valence-corrected chi connectivity index (χ3v) is 1.39. The summed E-state index contributed by atoms with van der Waals surface area (Å²) in [5.41, 5.74) is -0.431. The first-order chi connectivity index (χ1) is 5.66. The highest BCUT2D eigenvalue weighted by atomic mass is 19.1. The smallest absolute Gasteiger partial charge is 0.218 e. The minimum atomic E-state index is -0.790. The third kappa shape index (κ3) is 1.42. The summed E-state index contributed by atoms with van der Waals surface area (Å²) >= 11 is 0. The zero-order valence-corrected chi connectivity index (χ0v) is 6.40. The number of ether oxygens (including phenoxy) is 1. The van der Waals surface area contributed by atoms with Crippen molar-refractivity contribution in [3.8, 4) is 0 Å². The van der Waals surface area contributed by atoms with E-state index in [2.05, 4.69) is 4.74 Å². The molecule has 1 N–H and O–H groups in total. The topological polar surface area (TPSA) is 33.1 Å². The number of halogens is 2. The molecule has 0 aliphatic carbocycles. The van der Waals surface area contributed by atoms with Gasteiger partial charge >= 0.3 is 0 Å². The van der Waals surface area contributed by atoms with Crippen LogP contribution in [0.5, 0.6) is 0 Å². The first-order valence-electron chi connectivity index (χ1n) is 3.23. The number of rotatable bonds is 1. The summed E-state index contributed by atoms with van der Waals surface area (Å²) in [6, 6.07) is 3.38. The predicted molar refractivity (Wildman–Crippen MR) is 40.2 cm³/mol. The maximum absolute atomic E-state index is 12.8. The molecule has 0 fully saturated rings. The Morgan fingerprint density at radius 1 is 1.33 bits per heavy atom. The van der Waals surface area contributed by atoms with Crippen LogP contribution in [-0.2, 0) is 4.74 Å². The number of hydrogen-bond acceptors (Lipinski definition) is 2. The maximum atomic E-state index is 12.8. The van der Waals surface area contributed by atoms with Crippen LogP contribution in [0.25, 0.3) is 0 Å². The van der Waals surface area contributed by atoms with Gasteiger partial charge in [-0.3, -0.25) is 5.41 Å². The van der Waals surface area contributed by atoms with E-state index >= 15 is 0 Å². The summed E-state index contributed by atoms with van der Waals surface area (Å²) in [6.07, 6.45) is 0. The standard InChI is InChI=1S/C8H7F2NO/c1-12-8(11)7-5(9)3-2-4-6(7)10/h2-4,11H,1H3. The van der Waals surface area contributed by atoms with Gasteiger partial charge in [-0.25, -0.2) is 8.78 Å². The Balaban J connectivity index is 3.21. The van der Waals surface area contributed by atoms with Crippen LogP contribution in [0.3, 0.4) is 0 Å². The fraction of sp³-hybridized carbons (Fsp3) is 0.125. The third-order valence-electron chi connectivity index (χ3n) is 1.39. The van der Waals surface area contributed by atoms with Crippen molar-refractivity contribution in [2.75, 3.05) is 7.11 Å². The normalized spacial score (nSPS) is 9.58. The van der Waals surface area contributed by atoms with Gasteiger partial charge in [0.05, 0.1) is 7.11 Å². The molecule has 1 aromatic rings. The molecule has 1 rings (SSSR count). The Hall–Kier alpha value is -1.45. The lowest BCUT2D eigenvalue weighted by atomic mass is 10.2. The Labute approximate surface area is 68.3 Å². The summed E-state index contributed by atoms with van der Waals surface area (Å²) in [5, 5.41) is 7.06. The number of benzene rings is 1. The zero-order valence-electron chi connectivity index (χ0n) is 6.40. The van der Waals surface area contributed by atoms with Crippen LogP contribution in [0.2, 0.25) is 0 Å². The van der Waals surface area contributed by atoms with Crippen LogP contribution in [-0.4, -0.2) is 13.0 Å². The average Bonchev–Trinajstić information content (AvgIpc) is 2.03. The Morgan fingerprint density at radius 2 is 1.83 bits per heavy atom. The average molecular weight is 171 g/mol. The minimum Gasteiger partial charge on any atom is -0.481 e. The van der Waals surface area contributed by atoms with Gasteiger partial charge in [0.25, 0.3) is 0 Å². The molecule has 0 heterocycles. The first-order valence-corrected chi connectivity index (χ1v) is 3.23. The molecule has 64 valence electrons. The van der Waals surface area contributed by atoms with Crippen molar-refractivity contribution in [2.45, 2.75) is 0 Å². The van der Waals surface area contributed by atoms with E-state index in [1.807, 2.05) is 0 Å². The minimum absolute atomic E-state index is 0.431. The van der Waals surface area contributed by atoms with E-state index in [0.717, 1.165) is 12.1 Å². The molecule has 1 aromatic carbocycles. The van der Waals surface area contributed by atoms with Crippen LogP contribution in [0, 0.1) is 17.0 Å². The highest BCUT2D eigenvalue weighted by Gasteiger charge is 2.13. The fourth-order valence-electron chi connectivity index (χ4n) is 0.817. The van der Waals surface area contributed by atoms with Crippen molar-refractivity contribution in [1.29, 1.82) is 5.41 Å². The molecule has 0 radical (unpaired) electrons. The molecule has 0 amide bonds. The van der Waals surface area contributed by atoms with Crippen molar-refractivity contribution in [3.63, 3.8) is 0 Å². The fourth-order valence-corrected chi connectivity index (χ4v) is 0.817. The quantitative estimate of drug-likeness (QED) is 0.508. The van der Waals surface area contributed by atoms with Gasteiger partial charge in [-0.1, -0.05) is 6.07 Å². The summed E-state index contributed by atoms with van der Waals surface area (Å²) in [4.78, 5) is 0. The molecule has 2 nitrogen and oxygen atoms in total. The molecular formula is C8H7F2NO. The summed E-state index contributed by atoms with van der Waals surface area (Å²) in [5.74, 6) is -2.09. The number of hydrogen-bond donors (Lipinski definition) is 1. The van der Waals surface area contributed by atoms with E-state index in [0.29, 0.717) is 0 Å². The lowest BCUT2D eigenvalue weighted by Gasteiger charge is -2.03. The van der Waals surface area contributed by atoms with Crippen molar-refractivity contribution in [3.05, 3.63) is 35.4 Å². The van der Waals surface area contributed by atoms with Gasteiger partial charge in [0.1, 0.15) is 17.2 Å². The highest BCUT2D eigenvalue weighted by Crippen LogP contribution is 2.12.